The smallest absolute Gasteiger partial charge is 0.253 e. The van der Waals surface area contributed by atoms with Crippen molar-refractivity contribution >= 4 is 18.5 Å². The molecule has 0 radical (unpaired) electrons. The summed E-state index contributed by atoms with van der Waals surface area (Å²) >= 11 is 4.26. The molecule has 17 heavy (non-hydrogen) atoms. The maximum absolute atomic E-state index is 12.2. The normalized spacial score (nSPS) is 17.2. The van der Waals surface area contributed by atoms with Crippen molar-refractivity contribution < 1.29 is 4.79 Å². The number of hydrogen-bond acceptors (Lipinski definition) is 3. The number of nitrogens with zero attached hydrogens (tertiary/aromatic N) is 2. The van der Waals surface area contributed by atoms with Crippen LogP contribution in [0, 0.1) is 0 Å². The van der Waals surface area contributed by atoms with Crippen molar-refractivity contribution in [1.29, 1.82) is 0 Å². The minimum Gasteiger partial charge on any atom is -0.336 e. The lowest BCUT2D eigenvalue weighted by atomic mass is 10.2. The number of amides is 1. The van der Waals surface area contributed by atoms with Crippen LogP contribution in [0.1, 0.15) is 17.3 Å². The van der Waals surface area contributed by atoms with Gasteiger partial charge in [0.1, 0.15) is 0 Å². The maximum Gasteiger partial charge on any atom is 0.253 e. The number of likely N-dealkylation sites (N-methyl/N-ethyl adjacent to an activating group) is 1. The molecule has 0 aliphatic carbocycles. The Kier molecular flexibility index (Phi) is 4.07. The van der Waals surface area contributed by atoms with E-state index in [0.717, 1.165) is 43.2 Å². The molecule has 0 unspecified atom stereocenters. The Morgan fingerprint density at radius 3 is 2.59 bits per heavy atom. The van der Waals surface area contributed by atoms with Crippen LogP contribution < -0.4 is 0 Å². The summed E-state index contributed by atoms with van der Waals surface area (Å²) in [5.41, 5.74) is 0.738. The summed E-state index contributed by atoms with van der Waals surface area (Å²) in [6.45, 7) is 6.81. The van der Waals surface area contributed by atoms with E-state index >= 15 is 0 Å². The highest BCUT2D eigenvalue weighted by Crippen LogP contribution is 2.12. The number of rotatable bonds is 2. The van der Waals surface area contributed by atoms with Gasteiger partial charge in [-0.25, -0.2) is 0 Å². The Bertz CT molecular complexity index is 400. The number of benzene rings is 1. The fourth-order valence-electron chi connectivity index (χ4n) is 2.09. The van der Waals surface area contributed by atoms with Crippen molar-refractivity contribution in [2.75, 3.05) is 32.7 Å². The van der Waals surface area contributed by atoms with Crippen LogP contribution in [0.2, 0.25) is 0 Å². The van der Waals surface area contributed by atoms with E-state index in [9.17, 15) is 4.79 Å². The zero-order valence-electron chi connectivity index (χ0n) is 10.1. The summed E-state index contributed by atoms with van der Waals surface area (Å²) in [6.07, 6.45) is 0. The van der Waals surface area contributed by atoms with Crippen LogP contribution in [0.3, 0.4) is 0 Å². The minimum atomic E-state index is 0.122. The summed E-state index contributed by atoms with van der Waals surface area (Å²) in [4.78, 5) is 17.3. The van der Waals surface area contributed by atoms with E-state index in [1.165, 1.54) is 0 Å². The zero-order valence-corrected chi connectivity index (χ0v) is 11.0. The lowest BCUT2D eigenvalue weighted by Crippen LogP contribution is -2.48. The molecule has 1 aromatic rings. The molecular weight excluding hydrogens is 232 g/mol. The van der Waals surface area contributed by atoms with Gasteiger partial charge in [0.05, 0.1) is 0 Å². The first-order valence-electron chi connectivity index (χ1n) is 6.01. The van der Waals surface area contributed by atoms with Gasteiger partial charge in [-0.2, -0.15) is 0 Å². The Labute approximate surface area is 108 Å². The van der Waals surface area contributed by atoms with Gasteiger partial charge in [0.2, 0.25) is 0 Å². The molecular formula is C13H18N2OS. The SMILES string of the molecule is CCN1CCN(C(=O)c2cccc(S)c2)CC1. The third-order valence-corrected chi connectivity index (χ3v) is 3.48. The largest absolute Gasteiger partial charge is 0.336 e. The van der Waals surface area contributed by atoms with E-state index in [0.29, 0.717) is 0 Å². The third-order valence-electron chi connectivity index (χ3n) is 3.20. The number of carbonyl (C=O) groups excluding carboxylic acids is 1. The lowest BCUT2D eigenvalue weighted by molar-refractivity contribution is 0.0643. The van der Waals surface area contributed by atoms with Gasteiger partial charge in [0.15, 0.2) is 0 Å². The molecule has 3 nitrogen and oxygen atoms in total. The molecule has 1 amide bonds. The predicted molar refractivity (Wildman–Crippen MR) is 71.7 cm³/mol. The number of carbonyl (C=O) groups is 1. The average molecular weight is 250 g/mol. The summed E-state index contributed by atoms with van der Waals surface area (Å²) in [6, 6.07) is 7.44. The maximum atomic E-state index is 12.2. The zero-order chi connectivity index (χ0) is 12.3. The van der Waals surface area contributed by atoms with E-state index in [4.69, 9.17) is 0 Å². The number of thiol groups is 1. The molecule has 92 valence electrons. The second-order valence-electron chi connectivity index (χ2n) is 4.28. The van der Waals surface area contributed by atoms with E-state index in [1.54, 1.807) is 0 Å². The van der Waals surface area contributed by atoms with Gasteiger partial charge in [-0.3, -0.25) is 4.79 Å². The van der Waals surface area contributed by atoms with Crippen LogP contribution in [0.4, 0.5) is 0 Å². The predicted octanol–water partition coefficient (Wildman–Crippen LogP) is 1.75. The van der Waals surface area contributed by atoms with Gasteiger partial charge in [-0.15, -0.1) is 12.6 Å². The second kappa shape index (κ2) is 5.56. The second-order valence-corrected chi connectivity index (χ2v) is 4.79. The topological polar surface area (TPSA) is 23.6 Å². The number of piperazine rings is 1. The van der Waals surface area contributed by atoms with E-state index < -0.39 is 0 Å². The molecule has 2 rings (SSSR count). The summed E-state index contributed by atoms with van der Waals surface area (Å²) in [5, 5.41) is 0. The van der Waals surface area contributed by atoms with Crippen molar-refractivity contribution in [3.63, 3.8) is 0 Å². The Hall–Kier alpha value is -1.00. The van der Waals surface area contributed by atoms with Crippen molar-refractivity contribution in [2.24, 2.45) is 0 Å². The minimum absolute atomic E-state index is 0.122. The summed E-state index contributed by atoms with van der Waals surface area (Å²) in [7, 11) is 0. The monoisotopic (exact) mass is 250 g/mol. The fraction of sp³-hybridized carbons (Fsp3) is 0.462. The van der Waals surface area contributed by atoms with Crippen molar-refractivity contribution in [1.82, 2.24) is 9.80 Å². The van der Waals surface area contributed by atoms with Crippen LogP contribution in [-0.4, -0.2) is 48.4 Å². The quantitative estimate of drug-likeness (QED) is 0.808. The molecule has 1 aliphatic heterocycles. The molecule has 0 bridgehead atoms. The van der Waals surface area contributed by atoms with Gasteiger partial charge < -0.3 is 9.80 Å². The molecule has 0 aromatic heterocycles. The summed E-state index contributed by atoms with van der Waals surface area (Å²) in [5.74, 6) is 0.122. The average Bonchev–Trinajstić information content (AvgIpc) is 2.38. The Balaban J connectivity index is 2.02. The lowest BCUT2D eigenvalue weighted by Gasteiger charge is -2.34. The van der Waals surface area contributed by atoms with Crippen molar-refractivity contribution in [2.45, 2.75) is 11.8 Å². The van der Waals surface area contributed by atoms with Crippen LogP contribution in [0.25, 0.3) is 0 Å². The van der Waals surface area contributed by atoms with E-state index in [1.807, 2.05) is 29.2 Å². The molecule has 0 spiro atoms. The van der Waals surface area contributed by atoms with E-state index in [-0.39, 0.29) is 5.91 Å². The van der Waals surface area contributed by atoms with Gasteiger partial charge in [0.25, 0.3) is 5.91 Å². The standard InChI is InChI=1S/C13H18N2OS/c1-2-14-6-8-15(9-7-14)13(16)11-4-3-5-12(17)10-11/h3-5,10,17H,2,6-9H2,1H3. The summed E-state index contributed by atoms with van der Waals surface area (Å²) < 4.78 is 0. The highest BCUT2D eigenvalue weighted by atomic mass is 32.1. The van der Waals surface area contributed by atoms with Gasteiger partial charge >= 0.3 is 0 Å². The number of hydrogen-bond donors (Lipinski definition) is 1. The third kappa shape index (κ3) is 3.01. The van der Waals surface area contributed by atoms with Gasteiger partial charge in [0, 0.05) is 36.6 Å². The van der Waals surface area contributed by atoms with Crippen LogP contribution in [0.5, 0.6) is 0 Å². The first-order valence-corrected chi connectivity index (χ1v) is 6.46. The first-order chi connectivity index (χ1) is 8.20. The molecule has 0 saturated carbocycles. The van der Waals surface area contributed by atoms with Crippen molar-refractivity contribution in [3.8, 4) is 0 Å². The van der Waals surface area contributed by atoms with Gasteiger partial charge in [-0.1, -0.05) is 13.0 Å². The molecule has 1 aromatic carbocycles. The van der Waals surface area contributed by atoms with Crippen LogP contribution >= 0.6 is 12.6 Å². The highest BCUT2D eigenvalue weighted by molar-refractivity contribution is 7.80. The molecule has 0 N–H and O–H groups in total. The molecule has 0 atom stereocenters. The van der Waals surface area contributed by atoms with Crippen molar-refractivity contribution in [3.05, 3.63) is 29.8 Å². The molecule has 1 heterocycles. The van der Waals surface area contributed by atoms with E-state index in [2.05, 4.69) is 24.5 Å². The molecule has 1 saturated heterocycles. The molecule has 4 heteroatoms. The van der Waals surface area contributed by atoms with Crippen LogP contribution in [0.15, 0.2) is 29.2 Å². The highest BCUT2D eigenvalue weighted by Gasteiger charge is 2.21. The van der Waals surface area contributed by atoms with Gasteiger partial charge in [-0.05, 0) is 24.7 Å². The Morgan fingerprint density at radius 2 is 2.00 bits per heavy atom. The molecule has 1 aliphatic rings. The fourth-order valence-corrected chi connectivity index (χ4v) is 2.31. The van der Waals surface area contributed by atoms with Crippen LogP contribution in [-0.2, 0) is 0 Å². The molecule has 1 fully saturated rings. The first kappa shape index (κ1) is 12.5. The Morgan fingerprint density at radius 1 is 1.29 bits per heavy atom.